The topological polar surface area (TPSA) is 44.8 Å². The van der Waals surface area contributed by atoms with Gasteiger partial charge >= 0.3 is 6.03 Å². The summed E-state index contributed by atoms with van der Waals surface area (Å²) in [7, 11) is 1.64. The van der Waals surface area contributed by atoms with Gasteiger partial charge in [0.25, 0.3) is 0 Å². The van der Waals surface area contributed by atoms with Crippen LogP contribution < -0.4 is 15.0 Å². The molecule has 1 aliphatic rings. The van der Waals surface area contributed by atoms with Gasteiger partial charge in [0.15, 0.2) is 0 Å². The molecule has 5 nitrogen and oxygen atoms in total. The molecule has 3 rings (SSSR count). The number of para-hydroxylation sites is 1. The normalized spacial score (nSPS) is 14.3. The lowest BCUT2D eigenvalue weighted by molar-refractivity contribution is 0.208. The number of carbonyl (C=O) groups excluding carboxylic acids is 1. The van der Waals surface area contributed by atoms with Crippen LogP contribution >= 0.6 is 23.2 Å². The Labute approximate surface area is 163 Å². The number of ether oxygens (including phenoxy) is 1. The molecule has 0 atom stereocenters. The molecule has 0 saturated carbocycles. The Bertz CT molecular complexity index is 805. The van der Waals surface area contributed by atoms with E-state index >= 15 is 0 Å². The maximum absolute atomic E-state index is 12.5. The van der Waals surface area contributed by atoms with Crippen LogP contribution in [0.4, 0.5) is 16.2 Å². The monoisotopic (exact) mass is 393 g/mol. The van der Waals surface area contributed by atoms with Crippen molar-refractivity contribution < 1.29 is 9.53 Å². The Balaban J connectivity index is 1.65. The third-order valence-electron chi connectivity index (χ3n) is 4.48. The molecule has 0 bridgehead atoms. The zero-order valence-corrected chi connectivity index (χ0v) is 16.3. The minimum absolute atomic E-state index is 0.142. The molecule has 1 saturated heterocycles. The van der Waals surface area contributed by atoms with Gasteiger partial charge in [-0.15, -0.1) is 0 Å². The van der Waals surface area contributed by atoms with E-state index in [1.807, 2.05) is 31.2 Å². The van der Waals surface area contributed by atoms with Crippen LogP contribution in [0.2, 0.25) is 10.0 Å². The molecule has 0 aromatic heterocycles. The van der Waals surface area contributed by atoms with Gasteiger partial charge in [0, 0.05) is 37.3 Å². The van der Waals surface area contributed by atoms with Crippen molar-refractivity contribution >= 4 is 40.6 Å². The molecule has 7 heteroatoms. The summed E-state index contributed by atoms with van der Waals surface area (Å²) in [6.07, 6.45) is 0. The first kappa shape index (κ1) is 18.7. The standard InChI is InChI=1S/C19H21Cl2N3O2/c1-13-11-17(18(26-2)12-15(13)21)23-7-9-24(10-8-23)19(25)22-16-6-4-3-5-14(16)20/h3-6,11-12H,7-10H2,1-2H3,(H,22,25). The summed E-state index contributed by atoms with van der Waals surface area (Å²) in [5.41, 5.74) is 2.62. The first-order valence-corrected chi connectivity index (χ1v) is 9.14. The first-order chi connectivity index (χ1) is 12.5. The zero-order chi connectivity index (χ0) is 18.7. The van der Waals surface area contributed by atoms with Crippen LogP contribution in [0, 0.1) is 6.92 Å². The molecule has 26 heavy (non-hydrogen) atoms. The molecular formula is C19H21Cl2N3O2. The fourth-order valence-electron chi connectivity index (χ4n) is 2.97. The lowest BCUT2D eigenvalue weighted by Gasteiger charge is -2.36. The van der Waals surface area contributed by atoms with Crippen LogP contribution in [0.3, 0.4) is 0 Å². The number of carbonyl (C=O) groups is 1. The van der Waals surface area contributed by atoms with E-state index in [9.17, 15) is 4.79 Å². The van der Waals surface area contributed by atoms with E-state index in [4.69, 9.17) is 27.9 Å². The minimum Gasteiger partial charge on any atom is -0.495 e. The van der Waals surface area contributed by atoms with Gasteiger partial charge < -0.3 is 19.9 Å². The highest BCUT2D eigenvalue weighted by atomic mass is 35.5. The van der Waals surface area contributed by atoms with Crippen molar-refractivity contribution in [2.75, 3.05) is 43.5 Å². The number of nitrogens with one attached hydrogen (secondary N) is 1. The number of anilines is 2. The summed E-state index contributed by atoms with van der Waals surface area (Å²) < 4.78 is 5.47. The number of hydrogen-bond acceptors (Lipinski definition) is 3. The maximum Gasteiger partial charge on any atom is 0.322 e. The highest BCUT2D eigenvalue weighted by Crippen LogP contribution is 2.34. The van der Waals surface area contributed by atoms with E-state index in [0.29, 0.717) is 41.9 Å². The summed E-state index contributed by atoms with van der Waals surface area (Å²) in [4.78, 5) is 16.5. The van der Waals surface area contributed by atoms with E-state index in [0.717, 1.165) is 17.0 Å². The average molecular weight is 394 g/mol. The number of urea groups is 1. The third-order valence-corrected chi connectivity index (χ3v) is 5.22. The van der Waals surface area contributed by atoms with Gasteiger partial charge in [-0.05, 0) is 30.7 Å². The molecule has 1 fully saturated rings. The van der Waals surface area contributed by atoms with Crippen molar-refractivity contribution in [3.63, 3.8) is 0 Å². The number of rotatable bonds is 3. The Morgan fingerprint density at radius 2 is 1.77 bits per heavy atom. The van der Waals surface area contributed by atoms with Gasteiger partial charge in [-0.2, -0.15) is 0 Å². The molecule has 0 spiro atoms. The number of piperazine rings is 1. The fraction of sp³-hybridized carbons (Fsp3) is 0.316. The molecule has 0 unspecified atom stereocenters. The summed E-state index contributed by atoms with van der Waals surface area (Å²) in [6.45, 7) is 4.63. The van der Waals surface area contributed by atoms with Gasteiger partial charge in [0.2, 0.25) is 0 Å². The Kier molecular flexibility index (Phi) is 5.79. The van der Waals surface area contributed by atoms with Gasteiger partial charge in [-0.3, -0.25) is 0 Å². The van der Waals surface area contributed by atoms with Gasteiger partial charge in [0.1, 0.15) is 5.75 Å². The summed E-state index contributed by atoms with van der Waals surface area (Å²) in [5, 5.41) is 4.08. The second-order valence-electron chi connectivity index (χ2n) is 6.16. The second-order valence-corrected chi connectivity index (χ2v) is 6.97. The number of halogens is 2. The van der Waals surface area contributed by atoms with Crippen molar-refractivity contribution in [2.45, 2.75) is 6.92 Å². The molecular weight excluding hydrogens is 373 g/mol. The molecule has 1 aliphatic heterocycles. The SMILES string of the molecule is COc1cc(Cl)c(C)cc1N1CCN(C(=O)Nc2ccccc2Cl)CC1. The number of nitrogens with zero attached hydrogens (tertiary/aromatic N) is 2. The highest BCUT2D eigenvalue weighted by molar-refractivity contribution is 6.33. The molecule has 2 aromatic rings. The smallest absolute Gasteiger partial charge is 0.322 e. The Hall–Kier alpha value is -2.11. The van der Waals surface area contributed by atoms with Crippen LogP contribution in [-0.4, -0.2) is 44.2 Å². The number of amides is 2. The minimum atomic E-state index is -0.142. The summed E-state index contributed by atoms with van der Waals surface area (Å²) in [5.74, 6) is 0.745. The molecule has 1 heterocycles. The highest BCUT2D eigenvalue weighted by Gasteiger charge is 2.24. The summed E-state index contributed by atoms with van der Waals surface area (Å²) >= 11 is 12.3. The lowest BCUT2D eigenvalue weighted by atomic mass is 10.1. The van der Waals surface area contributed by atoms with Crippen LogP contribution in [0.25, 0.3) is 0 Å². The second kappa shape index (κ2) is 8.06. The van der Waals surface area contributed by atoms with E-state index in [1.54, 1.807) is 24.1 Å². The quantitative estimate of drug-likeness (QED) is 0.823. The molecule has 138 valence electrons. The van der Waals surface area contributed by atoms with Gasteiger partial charge in [-0.1, -0.05) is 35.3 Å². The average Bonchev–Trinajstić information content (AvgIpc) is 2.65. The van der Waals surface area contributed by atoms with Crippen molar-refractivity contribution in [3.8, 4) is 5.75 Å². The first-order valence-electron chi connectivity index (χ1n) is 8.39. The maximum atomic E-state index is 12.5. The lowest BCUT2D eigenvalue weighted by Crippen LogP contribution is -2.50. The molecule has 1 N–H and O–H groups in total. The molecule has 0 aliphatic carbocycles. The van der Waals surface area contributed by atoms with Crippen LogP contribution in [0.5, 0.6) is 5.75 Å². The molecule has 2 amide bonds. The van der Waals surface area contributed by atoms with Crippen LogP contribution in [0.15, 0.2) is 36.4 Å². The van der Waals surface area contributed by atoms with E-state index in [1.165, 1.54) is 0 Å². The van der Waals surface area contributed by atoms with Crippen LogP contribution in [-0.2, 0) is 0 Å². The Morgan fingerprint density at radius 1 is 1.08 bits per heavy atom. The van der Waals surface area contributed by atoms with Gasteiger partial charge in [0.05, 0.1) is 23.5 Å². The number of hydrogen-bond donors (Lipinski definition) is 1. The Morgan fingerprint density at radius 3 is 2.42 bits per heavy atom. The molecule has 2 aromatic carbocycles. The van der Waals surface area contributed by atoms with Crippen LogP contribution in [0.1, 0.15) is 5.56 Å². The van der Waals surface area contributed by atoms with Crippen molar-refractivity contribution in [3.05, 3.63) is 52.0 Å². The van der Waals surface area contributed by atoms with E-state index in [-0.39, 0.29) is 6.03 Å². The zero-order valence-electron chi connectivity index (χ0n) is 14.8. The fourth-order valence-corrected chi connectivity index (χ4v) is 3.30. The number of benzene rings is 2. The molecule has 0 radical (unpaired) electrons. The predicted molar refractivity (Wildman–Crippen MR) is 107 cm³/mol. The van der Waals surface area contributed by atoms with E-state index < -0.39 is 0 Å². The largest absolute Gasteiger partial charge is 0.495 e. The summed E-state index contributed by atoms with van der Waals surface area (Å²) in [6, 6.07) is 10.9. The van der Waals surface area contributed by atoms with E-state index in [2.05, 4.69) is 10.2 Å². The van der Waals surface area contributed by atoms with Crippen molar-refractivity contribution in [1.29, 1.82) is 0 Å². The third kappa shape index (κ3) is 4.00. The number of methoxy groups -OCH3 is 1. The van der Waals surface area contributed by atoms with Crippen molar-refractivity contribution in [2.24, 2.45) is 0 Å². The van der Waals surface area contributed by atoms with Gasteiger partial charge in [-0.25, -0.2) is 4.79 Å². The predicted octanol–water partition coefficient (Wildman–Crippen LogP) is 4.66. The van der Waals surface area contributed by atoms with Crippen molar-refractivity contribution in [1.82, 2.24) is 4.90 Å². The number of aryl methyl sites for hydroxylation is 1.